The Hall–Kier alpha value is -2.48. The Kier molecular flexibility index (Phi) is 4.58. The van der Waals surface area contributed by atoms with Crippen molar-refractivity contribution >= 4 is 21.8 Å². The van der Waals surface area contributed by atoms with E-state index in [0.717, 1.165) is 47.1 Å². The van der Waals surface area contributed by atoms with Gasteiger partial charge in [-0.25, -0.2) is 4.68 Å². The highest BCUT2D eigenvalue weighted by molar-refractivity contribution is 9.10. The van der Waals surface area contributed by atoms with Gasteiger partial charge in [0.25, 0.3) is 0 Å². The third-order valence-electron chi connectivity index (χ3n) is 4.54. The lowest BCUT2D eigenvalue weighted by Crippen LogP contribution is -2.32. The summed E-state index contributed by atoms with van der Waals surface area (Å²) in [7, 11) is 0. The van der Waals surface area contributed by atoms with E-state index in [4.69, 9.17) is 4.52 Å². The van der Waals surface area contributed by atoms with E-state index in [-0.39, 0.29) is 17.8 Å². The van der Waals surface area contributed by atoms with Crippen LogP contribution in [0.15, 0.2) is 39.5 Å². The first-order valence-corrected chi connectivity index (χ1v) is 9.36. The Labute approximate surface area is 158 Å². The van der Waals surface area contributed by atoms with Crippen LogP contribution in [-0.2, 0) is 0 Å². The number of hydrogen-bond acceptors (Lipinski definition) is 5. The highest BCUT2D eigenvalue weighted by Gasteiger charge is 2.23. The molecule has 0 aliphatic heterocycles. The average molecular weight is 416 g/mol. The molecule has 1 fully saturated rings. The molecule has 1 aliphatic carbocycles. The molecular formula is C18H18BrN5O2. The Balaban J connectivity index is 1.55. The first kappa shape index (κ1) is 17.0. The minimum atomic E-state index is -0.311. The summed E-state index contributed by atoms with van der Waals surface area (Å²) in [5.41, 5.74) is 2.42. The van der Waals surface area contributed by atoms with E-state index in [1.165, 1.54) is 0 Å². The molecular weight excluding hydrogens is 398 g/mol. The van der Waals surface area contributed by atoms with Crippen molar-refractivity contribution in [2.75, 3.05) is 0 Å². The number of rotatable bonds is 4. The maximum atomic E-state index is 12.3. The van der Waals surface area contributed by atoms with Crippen molar-refractivity contribution in [1.29, 1.82) is 0 Å². The minimum absolute atomic E-state index is 0.0114. The van der Waals surface area contributed by atoms with Crippen molar-refractivity contribution in [1.82, 2.24) is 25.2 Å². The molecule has 8 heteroatoms. The molecule has 7 nitrogen and oxygen atoms in total. The van der Waals surface area contributed by atoms with Crippen molar-refractivity contribution < 1.29 is 9.32 Å². The summed E-state index contributed by atoms with van der Waals surface area (Å²) in [4.78, 5) is 16.5. The van der Waals surface area contributed by atoms with Gasteiger partial charge in [0, 0.05) is 16.7 Å². The van der Waals surface area contributed by atoms with Crippen LogP contribution in [0.1, 0.15) is 42.1 Å². The number of carbonyl (C=O) groups excluding carboxylic acids is 1. The molecule has 2 heterocycles. The van der Waals surface area contributed by atoms with Crippen molar-refractivity contribution in [2.24, 2.45) is 0 Å². The quantitative estimate of drug-likeness (QED) is 0.702. The van der Waals surface area contributed by atoms with Gasteiger partial charge < -0.3 is 9.84 Å². The molecule has 0 bridgehead atoms. The summed E-state index contributed by atoms with van der Waals surface area (Å²) < 4.78 is 7.92. The summed E-state index contributed by atoms with van der Waals surface area (Å²) in [6, 6.07) is 8.02. The molecule has 1 aliphatic rings. The number of amides is 1. The van der Waals surface area contributed by atoms with Crippen LogP contribution in [0.5, 0.6) is 0 Å². The molecule has 0 unspecified atom stereocenters. The van der Waals surface area contributed by atoms with Gasteiger partial charge in [-0.2, -0.15) is 10.1 Å². The predicted octanol–water partition coefficient (Wildman–Crippen LogP) is 3.67. The van der Waals surface area contributed by atoms with Crippen LogP contribution in [-0.4, -0.2) is 31.9 Å². The van der Waals surface area contributed by atoms with E-state index in [2.05, 4.69) is 36.5 Å². The van der Waals surface area contributed by atoms with Crippen molar-refractivity contribution in [3.05, 3.63) is 46.5 Å². The van der Waals surface area contributed by atoms with E-state index in [1.807, 2.05) is 37.4 Å². The summed E-state index contributed by atoms with van der Waals surface area (Å²) in [5, 5.41) is 11.4. The molecule has 1 amide bonds. The van der Waals surface area contributed by atoms with Gasteiger partial charge in [-0.15, -0.1) is 0 Å². The molecule has 2 aromatic heterocycles. The SMILES string of the molecule is Cc1nn(-c2ccc(Br)cc2)cc1-c1noc(C(=O)NC2CCCC2)n1. The molecule has 1 N–H and O–H groups in total. The van der Waals surface area contributed by atoms with Crippen LogP contribution in [0.3, 0.4) is 0 Å². The van der Waals surface area contributed by atoms with Crippen molar-refractivity contribution in [3.8, 4) is 17.1 Å². The molecule has 134 valence electrons. The summed E-state index contributed by atoms with van der Waals surface area (Å²) in [6.45, 7) is 1.87. The third kappa shape index (κ3) is 3.41. The number of hydrogen-bond donors (Lipinski definition) is 1. The second-order valence-corrected chi connectivity index (χ2v) is 7.34. The lowest BCUT2D eigenvalue weighted by Gasteiger charge is -2.08. The fraction of sp³-hybridized carbons (Fsp3) is 0.333. The van der Waals surface area contributed by atoms with Gasteiger partial charge in [0.05, 0.1) is 16.9 Å². The normalized spacial score (nSPS) is 14.7. The fourth-order valence-corrected chi connectivity index (χ4v) is 3.41. The molecule has 4 rings (SSSR count). The van der Waals surface area contributed by atoms with Crippen LogP contribution < -0.4 is 5.32 Å². The molecule has 0 saturated heterocycles. The monoisotopic (exact) mass is 415 g/mol. The number of carbonyl (C=O) groups is 1. The number of aryl methyl sites for hydroxylation is 1. The molecule has 0 atom stereocenters. The highest BCUT2D eigenvalue weighted by Crippen LogP contribution is 2.23. The Morgan fingerprint density at radius 1 is 1.27 bits per heavy atom. The average Bonchev–Trinajstić information content (AvgIpc) is 3.36. The van der Waals surface area contributed by atoms with Crippen LogP contribution in [0.4, 0.5) is 0 Å². The van der Waals surface area contributed by atoms with Gasteiger partial charge in [-0.05, 0) is 44.0 Å². The first-order valence-electron chi connectivity index (χ1n) is 8.57. The minimum Gasteiger partial charge on any atom is -0.345 e. The highest BCUT2D eigenvalue weighted by atomic mass is 79.9. The zero-order valence-corrected chi connectivity index (χ0v) is 15.9. The molecule has 0 spiro atoms. The van der Waals surface area contributed by atoms with E-state index in [1.54, 1.807) is 4.68 Å². The van der Waals surface area contributed by atoms with E-state index in [9.17, 15) is 4.79 Å². The maximum Gasteiger partial charge on any atom is 0.316 e. The van der Waals surface area contributed by atoms with E-state index >= 15 is 0 Å². The van der Waals surface area contributed by atoms with Crippen molar-refractivity contribution in [3.63, 3.8) is 0 Å². The second kappa shape index (κ2) is 7.03. The Morgan fingerprint density at radius 3 is 2.73 bits per heavy atom. The van der Waals surface area contributed by atoms with Crippen LogP contribution in [0.25, 0.3) is 17.1 Å². The topological polar surface area (TPSA) is 85.8 Å². The predicted molar refractivity (Wildman–Crippen MR) is 99.0 cm³/mol. The second-order valence-electron chi connectivity index (χ2n) is 6.43. The van der Waals surface area contributed by atoms with E-state index < -0.39 is 0 Å². The molecule has 1 saturated carbocycles. The van der Waals surface area contributed by atoms with Gasteiger partial charge in [0.1, 0.15) is 0 Å². The number of halogens is 1. The smallest absolute Gasteiger partial charge is 0.316 e. The standard InChI is InChI=1S/C18H18BrN5O2/c1-11-15(10-24(22-11)14-8-6-12(19)7-9-14)16-21-18(26-23-16)17(25)20-13-4-2-3-5-13/h6-10,13H,2-5H2,1H3,(H,20,25). The number of nitrogens with zero attached hydrogens (tertiary/aromatic N) is 4. The van der Waals surface area contributed by atoms with Crippen LogP contribution in [0, 0.1) is 6.92 Å². The van der Waals surface area contributed by atoms with Crippen LogP contribution in [0.2, 0.25) is 0 Å². The molecule has 3 aromatic rings. The summed E-state index contributed by atoms with van der Waals surface area (Å²) >= 11 is 3.42. The molecule has 0 radical (unpaired) electrons. The summed E-state index contributed by atoms with van der Waals surface area (Å²) in [5.74, 6) is 0.0405. The lowest BCUT2D eigenvalue weighted by molar-refractivity contribution is 0.0893. The fourth-order valence-electron chi connectivity index (χ4n) is 3.15. The van der Waals surface area contributed by atoms with Gasteiger partial charge >= 0.3 is 11.8 Å². The van der Waals surface area contributed by atoms with Crippen molar-refractivity contribution in [2.45, 2.75) is 38.6 Å². The summed E-state index contributed by atoms with van der Waals surface area (Å²) in [6.07, 6.45) is 6.14. The van der Waals surface area contributed by atoms with E-state index in [0.29, 0.717) is 5.82 Å². The van der Waals surface area contributed by atoms with Gasteiger partial charge in [-0.3, -0.25) is 4.79 Å². The third-order valence-corrected chi connectivity index (χ3v) is 5.07. The van der Waals surface area contributed by atoms with Gasteiger partial charge in [0.2, 0.25) is 5.82 Å². The number of nitrogens with one attached hydrogen (secondary N) is 1. The Morgan fingerprint density at radius 2 is 2.00 bits per heavy atom. The number of benzene rings is 1. The maximum absolute atomic E-state index is 12.3. The van der Waals surface area contributed by atoms with Gasteiger partial charge in [-0.1, -0.05) is 33.9 Å². The molecule has 1 aromatic carbocycles. The zero-order chi connectivity index (χ0) is 18.1. The van der Waals surface area contributed by atoms with Gasteiger partial charge in [0.15, 0.2) is 0 Å². The number of aromatic nitrogens is 4. The largest absolute Gasteiger partial charge is 0.345 e. The Bertz CT molecular complexity index is 925. The molecule has 26 heavy (non-hydrogen) atoms. The lowest BCUT2D eigenvalue weighted by atomic mass is 10.2. The van der Waals surface area contributed by atoms with Crippen LogP contribution >= 0.6 is 15.9 Å². The zero-order valence-electron chi connectivity index (χ0n) is 14.3. The first-order chi connectivity index (χ1) is 12.6.